The van der Waals surface area contributed by atoms with Crippen molar-refractivity contribution in [2.75, 3.05) is 0 Å². The summed E-state index contributed by atoms with van der Waals surface area (Å²) < 4.78 is 1.18. The summed E-state index contributed by atoms with van der Waals surface area (Å²) in [6, 6.07) is 8.15. The summed E-state index contributed by atoms with van der Waals surface area (Å²) in [5, 5.41) is 0.823. The molecule has 2 aromatic heterocycles. The van der Waals surface area contributed by atoms with Crippen LogP contribution >= 0.6 is 33.9 Å². The molecule has 4 rings (SSSR count). The highest BCUT2D eigenvalue weighted by atomic mass is 127. The number of H-pyrrole nitrogens is 1. The Morgan fingerprint density at radius 2 is 1.96 bits per heavy atom. The monoisotopic (exact) mass is 448 g/mol. The fourth-order valence-electron chi connectivity index (χ4n) is 3.22. The molecular formula is C19H17IN2OS. The number of aryl methyl sites for hydroxylation is 2. The van der Waals surface area contributed by atoms with Crippen molar-refractivity contribution in [3.05, 3.63) is 60.0 Å². The lowest BCUT2D eigenvalue weighted by atomic mass is 10.1. The molecule has 0 amide bonds. The smallest absolute Gasteiger partial charge is 0.260 e. The van der Waals surface area contributed by atoms with E-state index in [-0.39, 0.29) is 5.56 Å². The average Bonchev–Trinajstić information content (AvgIpc) is 2.76. The first-order chi connectivity index (χ1) is 11.7. The molecule has 0 fully saturated rings. The van der Waals surface area contributed by atoms with Crippen molar-refractivity contribution in [2.45, 2.75) is 32.1 Å². The number of hydrogen-bond donors (Lipinski definition) is 1. The van der Waals surface area contributed by atoms with Crippen LogP contribution in [0.3, 0.4) is 0 Å². The van der Waals surface area contributed by atoms with Crippen molar-refractivity contribution in [1.29, 1.82) is 0 Å². The maximum atomic E-state index is 12.6. The molecule has 3 nitrogen and oxygen atoms in total. The fraction of sp³-hybridized carbons (Fsp3) is 0.263. The average molecular weight is 448 g/mol. The Morgan fingerprint density at radius 3 is 2.83 bits per heavy atom. The van der Waals surface area contributed by atoms with Gasteiger partial charge in [0.05, 0.1) is 5.39 Å². The molecule has 0 spiro atoms. The van der Waals surface area contributed by atoms with Crippen LogP contribution < -0.4 is 5.56 Å². The molecule has 0 saturated heterocycles. The minimum absolute atomic E-state index is 0.00167. The minimum Gasteiger partial charge on any atom is -0.306 e. The second kappa shape index (κ2) is 6.80. The van der Waals surface area contributed by atoms with Gasteiger partial charge in [-0.05, 0) is 71.5 Å². The summed E-state index contributed by atoms with van der Waals surface area (Å²) in [6.07, 6.45) is 9.64. The Hall–Kier alpha value is -1.47. The number of fused-ring (bicyclic) bond motifs is 3. The third kappa shape index (κ3) is 3.07. The number of nitrogens with zero attached hydrogens (tertiary/aromatic N) is 1. The number of thiophene rings is 1. The minimum atomic E-state index is 0.00167. The van der Waals surface area contributed by atoms with E-state index in [2.05, 4.69) is 39.7 Å². The molecule has 1 N–H and O–H groups in total. The molecule has 24 heavy (non-hydrogen) atoms. The number of aromatic nitrogens is 2. The third-order valence-electron chi connectivity index (χ3n) is 4.42. The van der Waals surface area contributed by atoms with Crippen LogP contribution in [0.4, 0.5) is 0 Å². The van der Waals surface area contributed by atoms with E-state index in [4.69, 9.17) is 4.98 Å². The van der Waals surface area contributed by atoms with Gasteiger partial charge in [-0.2, -0.15) is 0 Å². The van der Waals surface area contributed by atoms with Crippen LogP contribution in [0.2, 0.25) is 0 Å². The van der Waals surface area contributed by atoms with Gasteiger partial charge in [-0.3, -0.25) is 4.79 Å². The highest BCUT2D eigenvalue weighted by Gasteiger charge is 2.18. The maximum absolute atomic E-state index is 12.6. The number of halogens is 1. The molecular weight excluding hydrogens is 431 g/mol. The summed E-state index contributed by atoms with van der Waals surface area (Å²) in [5.74, 6) is 0.628. The summed E-state index contributed by atoms with van der Waals surface area (Å²) in [6.45, 7) is 0. The van der Waals surface area contributed by atoms with E-state index in [0.717, 1.165) is 28.6 Å². The molecule has 3 aromatic rings. The van der Waals surface area contributed by atoms with Crippen LogP contribution in [0.15, 0.2) is 29.1 Å². The van der Waals surface area contributed by atoms with Crippen molar-refractivity contribution in [3.8, 4) is 0 Å². The van der Waals surface area contributed by atoms with E-state index in [1.54, 1.807) is 11.3 Å². The molecule has 122 valence electrons. The fourth-order valence-corrected chi connectivity index (χ4v) is 5.05. The molecule has 0 aliphatic heterocycles. The van der Waals surface area contributed by atoms with Crippen LogP contribution in [0.25, 0.3) is 22.4 Å². The zero-order chi connectivity index (χ0) is 16.5. The first kappa shape index (κ1) is 16.0. The second-order valence-corrected chi connectivity index (χ2v) is 8.30. The molecule has 5 heteroatoms. The highest BCUT2D eigenvalue weighted by molar-refractivity contribution is 14.1. The predicted octanol–water partition coefficient (Wildman–Crippen LogP) is 5.03. The molecule has 0 atom stereocenters. The van der Waals surface area contributed by atoms with Crippen molar-refractivity contribution in [3.63, 3.8) is 0 Å². The van der Waals surface area contributed by atoms with Crippen molar-refractivity contribution < 1.29 is 0 Å². The van der Waals surface area contributed by atoms with Gasteiger partial charge >= 0.3 is 0 Å². The topological polar surface area (TPSA) is 45.8 Å². The standard InChI is InChI=1S/C19H17IN2OS/c20-14-8-5-4-6-12(14)10-11-16-21-18(23)17-13-7-2-1-3-9-15(13)24-19(17)22-16/h4-6,8,10-11H,1-3,7,9H2,(H,21,22,23)/b11-10+. The van der Waals surface area contributed by atoms with Gasteiger partial charge in [0, 0.05) is 8.45 Å². The lowest BCUT2D eigenvalue weighted by Crippen LogP contribution is -2.10. The number of benzene rings is 1. The molecule has 0 radical (unpaired) electrons. The van der Waals surface area contributed by atoms with E-state index in [0.29, 0.717) is 5.82 Å². The van der Waals surface area contributed by atoms with Gasteiger partial charge in [0.15, 0.2) is 0 Å². The molecule has 1 aromatic carbocycles. The number of rotatable bonds is 2. The van der Waals surface area contributed by atoms with Crippen LogP contribution in [-0.4, -0.2) is 9.97 Å². The normalized spacial score (nSPS) is 14.9. The Kier molecular flexibility index (Phi) is 4.54. The van der Waals surface area contributed by atoms with Gasteiger partial charge in [-0.1, -0.05) is 30.7 Å². The summed E-state index contributed by atoms with van der Waals surface area (Å²) in [7, 11) is 0. The third-order valence-corrected chi connectivity index (χ3v) is 6.59. The van der Waals surface area contributed by atoms with E-state index >= 15 is 0 Å². The molecule has 2 heterocycles. The van der Waals surface area contributed by atoms with Gasteiger partial charge in [0.2, 0.25) is 0 Å². The van der Waals surface area contributed by atoms with E-state index in [9.17, 15) is 4.79 Å². The van der Waals surface area contributed by atoms with Crippen molar-refractivity contribution in [1.82, 2.24) is 9.97 Å². The largest absolute Gasteiger partial charge is 0.306 e. The van der Waals surface area contributed by atoms with Gasteiger partial charge < -0.3 is 4.98 Å². The first-order valence-electron chi connectivity index (χ1n) is 8.19. The molecule has 0 saturated carbocycles. The number of aromatic amines is 1. The quantitative estimate of drug-likeness (QED) is 0.442. The van der Waals surface area contributed by atoms with Crippen LogP contribution in [-0.2, 0) is 12.8 Å². The van der Waals surface area contributed by atoms with Gasteiger partial charge in [-0.25, -0.2) is 4.98 Å². The first-order valence-corrected chi connectivity index (χ1v) is 10.1. The zero-order valence-corrected chi connectivity index (χ0v) is 16.1. The lowest BCUT2D eigenvalue weighted by Gasteiger charge is -1.99. The van der Waals surface area contributed by atoms with E-state index in [1.165, 1.54) is 33.3 Å². The van der Waals surface area contributed by atoms with E-state index in [1.807, 2.05) is 24.3 Å². The summed E-state index contributed by atoms with van der Waals surface area (Å²) in [4.78, 5) is 22.5. The van der Waals surface area contributed by atoms with Crippen LogP contribution in [0.5, 0.6) is 0 Å². The van der Waals surface area contributed by atoms with Gasteiger partial charge in [-0.15, -0.1) is 11.3 Å². The maximum Gasteiger partial charge on any atom is 0.260 e. The summed E-state index contributed by atoms with van der Waals surface area (Å²) >= 11 is 4.01. The Balaban J connectivity index is 1.76. The Bertz CT molecular complexity index is 987. The zero-order valence-electron chi connectivity index (χ0n) is 13.1. The molecule has 0 unspecified atom stereocenters. The molecule has 0 bridgehead atoms. The number of nitrogens with one attached hydrogen (secondary N) is 1. The Morgan fingerprint density at radius 1 is 1.12 bits per heavy atom. The van der Waals surface area contributed by atoms with Crippen LogP contribution in [0, 0.1) is 3.57 Å². The second-order valence-electron chi connectivity index (χ2n) is 6.05. The van der Waals surface area contributed by atoms with E-state index < -0.39 is 0 Å². The highest BCUT2D eigenvalue weighted by Crippen LogP contribution is 2.32. The lowest BCUT2D eigenvalue weighted by molar-refractivity contribution is 0.713. The summed E-state index contributed by atoms with van der Waals surface area (Å²) in [5.41, 5.74) is 2.37. The van der Waals surface area contributed by atoms with Crippen molar-refractivity contribution >= 4 is 56.3 Å². The van der Waals surface area contributed by atoms with Gasteiger partial charge in [0.25, 0.3) is 5.56 Å². The van der Waals surface area contributed by atoms with Crippen LogP contribution in [0.1, 0.15) is 41.1 Å². The SMILES string of the molecule is O=c1[nH]c(/C=C/c2ccccc2I)nc2sc3c(c12)CCCCC3. The Labute approximate surface area is 158 Å². The predicted molar refractivity (Wildman–Crippen MR) is 110 cm³/mol. The number of hydrogen-bond acceptors (Lipinski definition) is 3. The van der Waals surface area contributed by atoms with Gasteiger partial charge in [0.1, 0.15) is 10.7 Å². The van der Waals surface area contributed by atoms with Crippen molar-refractivity contribution in [2.24, 2.45) is 0 Å². The molecule has 1 aliphatic rings. The molecule has 1 aliphatic carbocycles.